The molecule has 98 valence electrons. The normalized spacial score (nSPS) is 24.1. The van der Waals surface area contributed by atoms with Crippen molar-refractivity contribution in [3.8, 4) is 0 Å². The summed E-state index contributed by atoms with van der Waals surface area (Å²) < 4.78 is 0. The van der Waals surface area contributed by atoms with E-state index in [2.05, 4.69) is 6.92 Å². The molecule has 2 rings (SSSR count). The Balaban J connectivity index is 2.16. The van der Waals surface area contributed by atoms with E-state index in [0.29, 0.717) is 18.5 Å². The van der Waals surface area contributed by atoms with Gasteiger partial charge in [0.2, 0.25) is 0 Å². The second-order valence-corrected chi connectivity index (χ2v) is 5.36. The summed E-state index contributed by atoms with van der Waals surface area (Å²) in [5.74, 6) is 0.597. The first kappa shape index (κ1) is 13.1. The van der Waals surface area contributed by atoms with Gasteiger partial charge in [-0.1, -0.05) is 17.7 Å². The minimum Gasteiger partial charge on any atom is -0.336 e. The van der Waals surface area contributed by atoms with Crippen LogP contribution in [0.3, 0.4) is 0 Å². The summed E-state index contributed by atoms with van der Waals surface area (Å²) in [6, 6.07) is 8.13. The number of carbonyl (C=O) groups is 1. The predicted octanol–water partition coefficient (Wildman–Crippen LogP) is 2.19. The van der Waals surface area contributed by atoms with Crippen molar-refractivity contribution in [1.82, 2.24) is 4.90 Å². The van der Waals surface area contributed by atoms with Gasteiger partial charge in [-0.05, 0) is 51.3 Å². The Hall–Kier alpha value is -1.35. The Morgan fingerprint density at radius 2 is 2.22 bits per heavy atom. The number of piperidine rings is 1. The highest BCUT2D eigenvalue weighted by molar-refractivity contribution is 5.94. The van der Waals surface area contributed by atoms with Gasteiger partial charge in [0.05, 0.1) is 0 Å². The Morgan fingerprint density at radius 1 is 1.44 bits per heavy atom. The van der Waals surface area contributed by atoms with Crippen LogP contribution >= 0.6 is 0 Å². The van der Waals surface area contributed by atoms with Crippen LogP contribution in [0.1, 0.15) is 35.7 Å². The van der Waals surface area contributed by atoms with Gasteiger partial charge in [-0.3, -0.25) is 4.79 Å². The summed E-state index contributed by atoms with van der Waals surface area (Å²) in [5.41, 5.74) is 7.65. The van der Waals surface area contributed by atoms with E-state index in [-0.39, 0.29) is 5.91 Å². The highest BCUT2D eigenvalue weighted by atomic mass is 16.2. The number of hydrogen-bond donors (Lipinski definition) is 1. The molecule has 18 heavy (non-hydrogen) atoms. The van der Waals surface area contributed by atoms with Crippen molar-refractivity contribution in [2.75, 3.05) is 13.1 Å². The van der Waals surface area contributed by atoms with Gasteiger partial charge >= 0.3 is 0 Å². The molecule has 1 saturated heterocycles. The fraction of sp³-hybridized carbons (Fsp3) is 0.533. The Morgan fingerprint density at radius 3 is 2.89 bits per heavy atom. The molecule has 1 aliphatic heterocycles. The molecule has 1 heterocycles. The van der Waals surface area contributed by atoms with Crippen LogP contribution in [-0.2, 0) is 0 Å². The average molecular weight is 246 g/mol. The second kappa shape index (κ2) is 5.53. The maximum atomic E-state index is 12.5. The number of amides is 1. The first-order chi connectivity index (χ1) is 8.61. The molecule has 0 aromatic heterocycles. The Bertz CT molecular complexity index is 430. The monoisotopic (exact) mass is 246 g/mol. The standard InChI is InChI=1S/C15H22N2O/c1-11-4-3-5-14(8-11)15(18)17-10-13(9-16)7-6-12(17)2/h3-5,8,12-13H,6-7,9-10,16H2,1-2H3. The largest absolute Gasteiger partial charge is 0.336 e. The van der Waals surface area contributed by atoms with Crippen molar-refractivity contribution >= 4 is 5.91 Å². The van der Waals surface area contributed by atoms with Gasteiger partial charge in [-0.25, -0.2) is 0 Å². The van der Waals surface area contributed by atoms with Crippen LogP contribution in [0.4, 0.5) is 0 Å². The molecule has 0 spiro atoms. The van der Waals surface area contributed by atoms with Crippen LogP contribution in [0.15, 0.2) is 24.3 Å². The molecule has 1 aromatic rings. The summed E-state index contributed by atoms with van der Waals surface area (Å²) in [4.78, 5) is 14.5. The van der Waals surface area contributed by atoms with Crippen LogP contribution in [0.5, 0.6) is 0 Å². The van der Waals surface area contributed by atoms with Crippen molar-refractivity contribution in [2.24, 2.45) is 11.7 Å². The Kier molecular flexibility index (Phi) is 4.02. The SMILES string of the molecule is Cc1cccc(C(=O)N2CC(CN)CCC2C)c1. The third-order valence-electron chi connectivity index (χ3n) is 3.84. The van der Waals surface area contributed by atoms with Gasteiger partial charge in [-0.2, -0.15) is 0 Å². The third-order valence-corrected chi connectivity index (χ3v) is 3.84. The summed E-state index contributed by atoms with van der Waals surface area (Å²) >= 11 is 0. The summed E-state index contributed by atoms with van der Waals surface area (Å²) in [6.07, 6.45) is 2.19. The van der Waals surface area contributed by atoms with E-state index in [1.807, 2.05) is 36.1 Å². The number of aryl methyl sites for hydroxylation is 1. The maximum Gasteiger partial charge on any atom is 0.254 e. The number of nitrogens with zero attached hydrogens (tertiary/aromatic N) is 1. The van der Waals surface area contributed by atoms with E-state index in [1.165, 1.54) is 0 Å². The molecule has 1 fully saturated rings. The highest BCUT2D eigenvalue weighted by Crippen LogP contribution is 2.23. The average Bonchev–Trinajstić information content (AvgIpc) is 2.38. The minimum atomic E-state index is 0.143. The van der Waals surface area contributed by atoms with Crippen LogP contribution in [-0.4, -0.2) is 29.9 Å². The molecule has 0 radical (unpaired) electrons. The summed E-state index contributed by atoms with van der Waals surface area (Å²) in [7, 11) is 0. The van der Waals surface area contributed by atoms with Crippen LogP contribution in [0.25, 0.3) is 0 Å². The lowest BCUT2D eigenvalue weighted by Gasteiger charge is -2.37. The summed E-state index contributed by atoms with van der Waals surface area (Å²) in [6.45, 7) is 5.61. The number of nitrogens with two attached hydrogens (primary N) is 1. The first-order valence-corrected chi connectivity index (χ1v) is 6.69. The van der Waals surface area contributed by atoms with Gasteiger partial charge in [0.1, 0.15) is 0 Å². The molecule has 0 bridgehead atoms. The van der Waals surface area contributed by atoms with Crippen molar-refractivity contribution in [3.05, 3.63) is 35.4 Å². The van der Waals surface area contributed by atoms with E-state index < -0.39 is 0 Å². The molecule has 0 aliphatic carbocycles. The van der Waals surface area contributed by atoms with E-state index in [9.17, 15) is 4.79 Å². The number of rotatable bonds is 2. The summed E-state index contributed by atoms with van der Waals surface area (Å²) in [5, 5.41) is 0. The van der Waals surface area contributed by atoms with Crippen LogP contribution < -0.4 is 5.73 Å². The lowest BCUT2D eigenvalue weighted by Crippen LogP contribution is -2.47. The second-order valence-electron chi connectivity index (χ2n) is 5.36. The van der Waals surface area contributed by atoms with Crippen LogP contribution in [0, 0.1) is 12.8 Å². The van der Waals surface area contributed by atoms with Gasteiger partial charge in [-0.15, -0.1) is 0 Å². The topological polar surface area (TPSA) is 46.3 Å². The van der Waals surface area contributed by atoms with E-state index in [0.717, 1.165) is 30.5 Å². The number of benzene rings is 1. The maximum absolute atomic E-state index is 12.5. The molecular formula is C15H22N2O. The zero-order valence-corrected chi connectivity index (χ0v) is 11.2. The molecular weight excluding hydrogens is 224 g/mol. The number of hydrogen-bond acceptors (Lipinski definition) is 2. The van der Waals surface area contributed by atoms with Crippen molar-refractivity contribution in [2.45, 2.75) is 32.7 Å². The van der Waals surface area contributed by atoms with E-state index in [1.54, 1.807) is 0 Å². The molecule has 0 saturated carbocycles. The molecule has 3 heteroatoms. The lowest BCUT2D eigenvalue weighted by molar-refractivity contribution is 0.0567. The molecule has 1 aromatic carbocycles. The molecule has 1 aliphatic rings. The fourth-order valence-electron chi connectivity index (χ4n) is 2.60. The lowest BCUT2D eigenvalue weighted by atomic mass is 9.93. The fourth-order valence-corrected chi connectivity index (χ4v) is 2.60. The zero-order chi connectivity index (χ0) is 13.1. The van der Waals surface area contributed by atoms with E-state index >= 15 is 0 Å². The van der Waals surface area contributed by atoms with Crippen LogP contribution in [0.2, 0.25) is 0 Å². The molecule has 2 unspecified atom stereocenters. The predicted molar refractivity (Wildman–Crippen MR) is 73.5 cm³/mol. The Labute approximate surface area is 109 Å². The smallest absolute Gasteiger partial charge is 0.254 e. The van der Waals surface area contributed by atoms with Crippen molar-refractivity contribution in [1.29, 1.82) is 0 Å². The van der Waals surface area contributed by atoms with Crippen molar-refractivity contribution in [3.63, 3.8) is 0 Å². The highest BCUT2D eigenvalue weighted by Gasteiger charge is 2.28. The molecule has 2 atom stereocenters. The van der Waals surface area contributed by atoms with Gasteiger partial charge in [0.25, 0.3) is 5.91 Å². The molecule has 3 nitrogen and oxygen atoms in total. The number of likely N-dealkylation sites (tertiary alicyclic amines) is 1. The molecule has 1 amide bonds. The minimum absolute atomic E-state index is 0.143. The third kappa shape index (κ3) is 2.72. The zero-order valence-electron chi connectivity index (χ0n) is 11.2. The first-order valence-electron chi connectivity index (χ1n) is 6.69. The molecule has 2 N–H and O–H groups in total. The number of carbonyl (C=O) groups excluding carboxylic acids is 1. The van der Waals surface area contributed by atoms with E-state index in [4.69, 9.17) is 5.73 Å². The van der Waals surface area contributed by atoms with Gasteiger partial charge < -0.3 is 10.6 Å². The van der Waals surface area contributed by atoms with Crippen molar-refractivity contribution < 1.29 is 4.79 Å². The van der Waals surface area contributed by atoms with Gasteiger partial charge in [0, 0.05) is 18.2 Å². The van der Waals surface area contributed by atoms with Gasteiger partial charge in [0.15, 0.2) is 0 Å². The quantitative estimate of drug-likeness (QED) is 0.869.